The molecule has 1 fully saturated rings. The van der Waals surface area contributed by atoms with Crippen LogP contribution in [0.3, 0.4) is 0 Å². The number of carbonyl (C=O) groups excluding carboxylic acids is 2. The summed E-state index contributed by atoms with van der Waals surface area (Å²) in [5, 5.41) is 5.90. The Bertz CT molecular complexity index is 585. The minimum absolute atomic E-state index is 0.155. The molecule has 2 heterocycles. The van der Waals surface area contributed by atoms with Gasteiger partial charge in [-0.1, -0.05) is 6.08 Å². The lowest BCUT2D eigenvalue weighted by Gasteiger charge is -2.31. The molecule has 8 heteroatoms. The topological polar surface area (TPSA) is 96.5 Å². The maximum atomic E-state index is 11.9. The van der Waals surface area contributed by atoms with Crippen molar-refractivity contribution in [1.29, 1.82) is 0 Å². The molecule has 2 amide bonds. The van der Waals surface area contributed by atoms with Crippen molar-refractivity contribution in [3.05, 3.63) is 30.6 Å². The highest BCUT2D eigenvalue weighted by molar-refractivity contribution is 5.92. The van der Waals surface area contributed by atoms with E-state index >= 15 is 0 Å². The first-order chi connectivity index (χ1) is 11.6. The molecule has 1 aromatic heterocycles. The molecule has 0 bridgehead atoms. The van der Waals surface area contributed by atoms with Crippen LogP contribution in [0, 0.1) is 0 Å². The molecule has 0 atom stereocenters. The molecule has 0 aromatic carbocycles. The van der Waals surface area contributed by atoms with Crippen molar-refractivity contribution in [3.8, 4) is 0 Å². The number of ether oxygens (including phenoxy) is 1. The van der Waals surface area contributed by atoms with E-state index in [9.17, 15) is 9.59 Å². The molecule has 1 saturated heterocycles. The Balaban J connectivity index is 1.87. The molecule has 0 radical (unpaired) electrons. The molecule has 1 aromatic rings. The zero-order valence-corrected chi connectivity index (χ0v) is 13.8. The third-order valence-corrected chi connectivity index (χ3v) is 3.65. The van der Waals surface area contributed by atoms with Crippen LogP contribution in [0.15, 0.2) is 24.9 Å². The first-order valence-electron chi connectivity index (χ1n) is 8.04. The summed E-state index contributed by atoms with van der Waals surface area (Å²) in [5.74, 6) is 0.147. The van der Waals surface area contributed by atoms with Gasteiger partial charge in [-0.05, 0) is 25.8 Å². The van der Waals surface area contributed by atoms with Crippen molar-refractivity contribution >= 4 is 17.9 Å². The Labute approximate surface area is 141 Å². The molecule has 0 saturated carbocycles. The van der Waals surface area contributed by atoms with Crippen LogP contribution in [-0.2, 0) is 4.74 Å². The number of likely N-dealkylation sites (tertiary alicyclic amines) is 1. The Morgan fingerprint density at radius 1 is 1.46 bits per heavy atom. The van der Waals surface area contributed by atoms with E-state index in [1.165, 1.54) is 0 Å². The first-order valence-corrected chi connectivity index (χ1v) is 8.04. The molecule has 0 unspecified atom stereocenters. The summed E-state index contributed by atoms with van der Waals surface area (Å²) in [7, 11) is 0. The Kier molecular flexibility index (Phi) is 6.53. The number of aromatic nitrogens is 2. The average molecular weight is 333 g/mol. The summed E-state index contributed by atoms with van der Waals surface area (Å²) in [6.07, 6.45) is 4.43. The Morgan fingerprint density at radius 3 is 2.88 bits per heavy atom. The molecule has 24 heavy (non-hydrogen) atoms. The fourth-order valence-electron chi connectivity index (χ4n) is 2.41. The third kappa shape index (κ3) is 4.94. The summed E-state index contributed by atoms with van der Waals surface area (Å²) in [6, 6.07) is 1.72. The number of rotatable bonds is 6. The highest BCUT2D eigenvalue weighted by atomic mass is 16.6. The normalized spacial score (nSPS) is 14.8. The van der Waals surface area contributed by atoms with E-state index in [0.717, 1.165) is 12.8 Å². The molecule has 1 aliphatic heterocycles. The van der Waals surface area contributed by atoms with Gasteiger partial charge in [0.05, 0.1) is 6.61 Å². The Morgan fingerprint density at radius 2 is 2.21 bits per heavy atom. The minimum Gasteiger partial charge on any atom is -0.450 e. The zero-order chi connectivity index (χ0) is 17.4. The second-order valence-corrected chi connectivity index (χ2v) is 5.37. The van der Waals surface area contributed by atoms with E-state index in [2.05, 4.69) is 27.2 Å². The van der Waals surface area contributed by atoms with Crippen molar-refractivity contribution in [3.63, 3.8) is 0 Å². The van der Waals surface area contributed by atoms with Crippen LogP contribution in [0.25, 0.3) is 0 Å². The lowest BCUT2D eigenvalue weighted by Crippen LogP contribution is -2.42. The van der Waals surface area contributed by atoms with Gasteiger partial charge in [-0.2, -0.15) is 0 Å². The fourth-order valence-corrected chi connectivity index (χ4v) is 2.41. The molecule has 0 spiro atoms. The lowest BCUT2D eigenvalue weighted by atomic mass is 10.1. The second kappa shape index (κ2) is 8.85. The summed E-state index contributed by atoms with van der Waals surface area (Å²) in [5.41, 5.74) is 0.304. The van der Waals surface area contributed by atoms with Crippen molar-refractivity contribution in [2.75, 3.05) is 31.6 Å². The molecule has 130 valence electrons. The molecule has 2 N–H and O–H groups in total. The van der Waals surface area contributed by atoms with Crippen LogP contribution in [0.5, 0.6) is 0 Å². The van der Waals surface area contributed by atoms with Gasteiger partial charge in [0.1, 0.15) is 5.69 Å². The fraction of sp³-hybridized carbons (Fsp3) is 0.500. The van der Waals surface area contributed by atoms with Gasteiger partial charge >= 0.3 is 6.09 Å². The van der Waals surface area contributed by atoms with E-state index in [1.54, 1.807) is 30.2 Å². The van der Waals surface area contributed by atoms with Crippen LogP contribution < -0.4 is 10.6 Å². The van der Waals surface area contributed by atoms with Gasteiger partial charge in [-0.15, -0.1) is 6.58 Å². The third-order valence-electron chi connectivity index (χ3n) is 3.65. The minimum atomic E-state index is -0.270. The number of hydrogen-bond acceptors (Lipinski definition) is 6. The van der Waals surface area contributed by atoms with Crippen LogP contribution in [0.4, 0.5) is 10.7 Å². The van der Waals surface area contributed by atoms with Gasteiger partial charge in [0.15, 0.2) is 0 Å². The molecule has 0 aliphatic carbocycles. The Hall–Kier alpha value is -2.64. The van der Waals surface area contributed by atoms with Gasteiger partial charge in [-0.3, -0.25) is 4.79 Å². The van der Waals surface area contributed by atoms with Crippen LogP contribution in [0.2, 0.25) is 0 Å². The average Bonchev–Trinajstić information content (AvgIpc) is 2.60. The highest BCUT2D eigenvalue weighted by Crippen LogP contribution is 2.15. The van der Waals surface area contributed by atoms with E-state index in [0.29, 0.717) is 37.9 Å². The zero-order valence-electron chi connectivity index (χ0n) is 13.8. The maximum Gasteiger partial charge on any atom is 0.409 e. The van der Waals surface area contributed by atoms with Crippen molar-refractivity contribution in [2.24, 2.45) is 0 Å². The van der Waals surface area contributed by atoms with Crippen molar-refractivity contribution in [2.45, 2.75) is 25.8 Å². The predicted octanol–water partition coefficient (Wildman–Crippen LogP) is 1.43. The number of amides is 2. The monoisotopic (exact) mass is 333 g/mol. The van der Waals surface area contributed by atoms with E-state index < -0.39 is 0 Å². The number of piperidine rings is 1. The van der Waals surface area contributed by atoms with Crippen molar-refractivity contribution in [1.82, 2.24) is 20.2 Å². The number of carbonyl (C=O) groups is 2. The van der Waals surface area contributed by atoms with E-state index in [-0.39, 0.29) is 18.0 Å². The molecular weight excluding hydrogens is 310 g/mol. The number of nitrogens with zero attached hydrogens (tertiary/aromatic N) is 3. The van der Waals surface area contributed by atoms with Crippen LogP contribution in [-0.4, -0.2) is 59.2 Å². The quantitative estimate of drug-likeness (QED) is 0.765. The van der Waals surface area contributed by atoms with Gasteiger partial charge in [0.2, 0.25) is 5.95 Å². The number of hydrogen-bond donors (Lipinski definition) is 2. The SMILES string of the molecule is C=CCNC(=O)c1ccnc(NC2CCN(C(=O)OCC)CC2)n1. The molecular formula is C16H23N5O3. The van der Waals surface area contributed by atoms with E-state index in [4.69, 9.17) is 4.74 Å². The molecule has 2 rings (SSSR count). The second-order valence-electron chi connectivity index (χ2n) is 5.37. The smallest absolute Gasteiger partial charge is 0.409 e. The molecule has 1 aliphatic rings. The standard InChI is InChI=1S/C16H23N5O3/c1-3-8-17-14(22)13-5-9-18-15(20-13)19-12-6-10-21(11-7-12)16(23)24-4-2/h3,5,9,12H,1,4,6-8,10-11H2,2H3,(H,17,22)(H,18,19,20). The van der Waals surface area contributed by atoms with Gasteiger partial charge < -0.3 is 20.3 Å². The van der Waals surface area contributed by atoms with Crippen molar-refractivity contribution < 1.29 is 14.3 Å². The van der Waals surface area contributed by atoms with E-state index in [1.807, 2.05) is 0 Å². The summed E-state index contributed by atoms with van der Waals surface area (Å²) in [6.45, 7) is 7.36. The molecule has 8 nitrogen and oxygen atoms in total. The van der Waals surface area contributed by atoms with Gasteiger partial charge in [-0.25, -0.2) is 14.8 Å². The first kappa shape index (κ1) is 17.7. The number of nitrogens with one attached hydrogen (secondary N) is 2. The summed E-state index contributed by atoms with van der Waals surface area (Å²) in [4.78, 5) is 33.6. The summed E-state index contributed by atoms with van der Waals surface area (Å²) < 4.78 is 5.00. The van der Waals surface area contributed by atoms with Gasteiger partial charge in [0.25, 0.3) is 5.91 Å². The predicted molar refractivity (Wildman–Crippen MR) is 89.8 cm³/mol. The largest absolute Gasteiger partial charge is 0.450 e. The highest BCUT2D eigenvalue weighted by Gasteiger charge is 2.24. The van der Waals surface area contributed by atoms with Crippen LogP contribution >= 0.6 is 0 Å². The lowest BCUT2D eigenvalue weighted by molar-refractivity contribution is 0.0949. The number of anilines is 1. The van der Waals surface area contributed by atoms with Crippen LogP contribution in [0.1, 0.15) is 30.3 Å². The van der Waals surface area contributed by atoms with Gasteiger partial charge in [0, 0.05) is 31.9 Å². The summed E-state index contributed by atoms with van der Waals surface area (Å²) >= 11 is 0. The maximum absolute atomic E-state index is 11.9.